The minimum Gasteiger partial charge on any atom is -0.316 e. The average Bonchev–Trinajstić information content (AvgIpc) is 2.29. The highest BCUT2D eigenvalue weighted by molar-refractivity contribution is 8.00. The van der Waals surface area contributed by atoms with Crippen molar-refractivity contribution in [2.24, 2.45) is 0 Å². The van der Waals surface area contributed by atoms with E-state index in [2.05, 4.69) is 17.4 Å². The van der Waals surface area contributed by atoms with Gasteiger partial charge in [-0.25, -0.2) is 8.42 Å². The average molecular weight is 287 g/mol. The maximum Gasteiger partial charge on any atom is 0.153 e. The molecule has 0 spiro atoms. The van der Waals surface area contributed by atoms with Crippen LogP contribution in [-0.2, 0) is 16.4 Å². The summed E-state index contributed by atoms with van der Waals surface area (Å²) in [5, 5.41) is 2.82. The monoisotopic (exact) mass is 287 g/mol. The van der Waals surface area contributed by atoms with Gasteiger partial charge in [-0.3, -0.25) is 0 Å². The molecule has 0 fully saturated rings. The van der Waals surface area contributed by atoms with Crippen molar-refractivity contribution >= 4 is 21.6 Å². The summed E-state index contributed by atoms with van der Waals surface area (Å²) in [5.74, 6) is 0.856. The fraction of sp³-hybridized carbons (Fsp3) is 0.538. The van der Waals surface area contributed by atoms with Crippen molar-refractivity contribution < 1.29 is 8.42 Å². The number of benzene rings is 1. The van der Waals surface area contributed by atoms with Crippen LogP contribution in [-0.4, -0.2) is 32.2 Å². The molecule has 0 aliphatic rings. The minimum absolute atomic E-state index is 0.242. The van der Waals surface area contributed by atoms with Gasteiger partial charge >= 0.3 is 0 Å². The molecule has 0 unspecified atom stereocenters. The molecule has 1 N–H and O–H groups in total. The quantitative estimate of drug-likeness (QED) is 0.782. The van der Waals surface area contributed by atoms with Gasteiger partial charge < -0.3 is 5.32 Å². The second-order valence-corrected chi connectivity index (χ2v) is 8.29. The van der Waals surface area contributed by atoms with Crippen LogP contribution in [0.25, 0.3) is 0 Å². The van der Waals surface area contributed by atoms with Gasteiger partial charge in [-0.1, -0.05) is 12.1 Å². The van der Waals surface area contributed by atoms with Gasteiger partial charge in [0.2, 0.25) is 0 Å². The molecule has 0 saturated carbocycles. The Morgan fingerprint density at radius 2 is 2.06 bits per heavy atom. The zero-order valence-electron chi connectivity index (χ0n) is 11.1. The van der Waals surface area contributed by atoms with Gasteiger partial charge in [-0.05, 0) is 38.6 Å². The van der Waals surface area contributed by atoms with Crippen LogP contribution >= 0.6 is 11.8 Å². The van der Waals surface area contributed by atoms with Gasteiger partial charge in [-0.2, -0.15) is 0 Å². The number of rotatable bonds is 7. The van der Waals surface area contributed by atoms with Crippen molar-refractivity contribution in [3.05, 3.63) is 29.8 Å². The van der Waals surface area contributed by atoms with Crippen molar-refractivity contribution in [3.63, 3.8) is 0 Å². The van der Waals surface area contributed by atoms with Crippen molar-refractivity contribution in [1.29, 1.82) is 0 Å². The molecule has 0 bridgehead atoms. The van der Waals surface area contributed by atoms with E-state index in [0.717, 1.165) is 11.4 Å². The first-order valence-corrected chi connectivity index (χ1v) is 8.73. The lowest BCUT2D eigenvalue weighted by atomic mass is 10.2. The van der Waals surface area contributed by atoms with E-state index in [-0.39, 0.29) is 11.0 Å². The lowest BCUT2D eigenvalue weighted by Gasteiger charge is -2.08. The number of nitrogens with one attached hydrogen (secondary N) is 1. The van der Waals surface area contributed by atoms with Crippen LogP contribution < -0.4 is 5.32 Å². The zero-order chi connectivity index (χ0) is 13.6. The van der Waals surface area contributed by atoms with E-state index in [1.165, 1.54) is 5.56 Å². The summed E-state index contributed by atoms with van der Waals surface area (Å²) < 4.78 is 23.3. The summed E-state index contributed by atoms with van der Waals surface area (Å²) in [6.45, 7) is 4.29. The fourth-order valence-electron chi connectivity index (χ4n) is 1.46. The third-order valence-electron chi connectivity index (χ3n) is 2.63. The van der Waals surface area contributed by atoms with Gasteiger partial charge in [0.05, 0.1) is 11.0 Å². The van der Waals surface area contributed by atoms with Crippen LogP contribution in [0, 0.1) is 0 Å². The van der Waals surface area contributed by atoms with Gasteiger partial charge in [0.1, 0.15) is 0 Å². The Labute approximate surface area is 114 Å². The van der Waals surface area contributed by atoms with Crippen LogP contribution in [0.15, 0.2) is 29.2 Å². The molecule has 18 heavy (non-hydrogen) atoms. The molecule has 102 valence electrons. The highest BCUT2D eigenvalue weighted by Crippen LogP contribution is 2.20. The molecular weight excluding hydrogens is 266 g/mol. The van der Waals surface area contributed by atoms with Crippen LogP contribution in [0.4, 0.5) is 0 Å². The first-order valence-electron chi connectivity index (χ1n) is 6.03. The predicted octanol–water partition coefficient (Wildman–Crippen LogP) is 2.32. The van der Waals surface area contributed by atoms with Crippen molar-refractivity contribution in [2.45, 2.75) is 30.5 Å². The topological polar surface area (TPSA) is 46.2 Å². The summed E-state index contributed by atoms with van der Waals surface area (Å²) in [5.41, 5.74) is 1.22. The molecule has 1 rings (SSSR count). The Kier molecular flexibility index (Phi) is 6.18. The van der Waals surface area contributed by atoms with Gasteiger partial charge in [0.15, 0.2) is 9.84 Å². The maximum absolute atomic E-state index is 11.7. The predicted molar refractivity (Wildman–Crippen MR) is 78.9 cm³/mol. The van der Waals surface area contributed by atoms with Gasteiger partial charge in [0.25, 0.3) is 0 Å². The molecule has 0 saturated heterocycles. The van der Waals surface area contributed by atoms with E-state index in [1.54, 1.807) is 25.6 Å². The second-order valence-electron chi connectivity index (χ2n) is 4.44. The Morgan fingerprint density at radius 1 is 1.33 bits per heavy atom. The molecule has 0 heterocycles. The number of hydrogen-bond acceptors (Lipinski definition) is 4. The fourth-order valence-corrected chi connectivity index (χ4v) is 3.84. The first kappa shape index (κ1) is 15.5. The Balaban J connectivity index is 2.51. The number of thioether (sulfide) groups is 1. The highest BCUT2D eigenvalue weighted by atomic mass is 32.2. The molecule has 0 aliphatic carbocycles. The summed E-state index contributed by atoms with van der Waals surface area (Å²) in [6, 6.07) is 8.19. The Morgan fingerprint density at radius 3 is 2.67 bits per heavy atom. The van der Waals surface area contributed by atoms with Crippen LogP contribution in [0.2, 0.25) is 0 Å². The van der Waals surface area contributed by atoms with Gasteiger partial charge in [0, 0.05) is 17.2 Å². The highest BCUT2D eigenvalue weighted by Gasteiger charge is 2.15. The minimum atomic E-state index is -2.92. The largest absolute Gasteiger partial charge is 0.316 e. The Hall–Kier alpha value is -0.520. The van der Waals surface area contributed by atoms with Crippen molar-refractivity contribution in [1.82, 2.24) is 5.32 Å². The third kappa shape index (κ3) is 5.00. The smallest absolute Gasteiger partial charge is 0.153 e. The maximum atomic E-state index is 11.7. The molecule has 1 aromatic rings. The third-order valence-corrected chi connectivity index (χ3v) is 6.10. The number of hydrogen-bond donors (Lipinski definition) is 1. The molecule has 0 atom stereocenters. The van der Waals surface area contributed by atoms with Crippen LogP contribution in [0.5, 0.6) is 0 Å². The molecule has 0 aromatic heterocycles. The molecule has 0 aliphatic heterocycles. The second kappa shape index (κ2) is 7.16. The van der Waals surface area contributed by atoms with E-state index >= 15 is 0 Å². The van der Waals surface area contributed by atoms with E-state index in [0.29, 0.717) is 5.75 Å². The summed E-state index contributed by atoms with van der Waals surface area (Å²) in [7, 11) is -1.01. The van der Waals surface area contributed by atoms with E-state index in [4.69, 9.17) is 0 Å². The van der Waals surface area contributed by atoms with Crippen LogP contribution in [0.3, 0.4) is 0 Å². The van der Waals surface area contributed by atoms with E-state index in [9.17, 15) is 8.42 Å². The Bertz CT molecular complexity index is 470. The summed E-state index contributed by atoms with van der Waals surface area (Å²) in [6.07, 6.45) is 0. The summed E-state index contributed by atoms with van der Waals surface area (Å²) in [4.78, 5) is 1.13. The van der Waals surface area contributed by atoms with Crippen molar-refractivity contribution in [3.8, 4) is 0 Å². The SMILES string of the molecule is CNCc1cccc(SCCS(=O)(=O)C(C)C)c1. The van der Waals surface area contributed by atoms with E-state index < -0.39 is 9.84 Å². The summed E-state index contributed by atoms with van der Waals surface area (Å²) >= 11 is 1.60. The van der Waals surface area contributed by atoms with Crippen molar-refractivity contribution in [2.75, 3.05) is 18.6 Å². The lowest BCUT2D eigenvalue weighted by molar-refractivity contribution is 0.589. The molecule has 0 radical (unpaired) electrons. The van der Waals surface area contributed by atoms with Gasteiger partial charge in [-0.15, -0.1) is 11.8 Å². The number of sulfone groups is 1. The normalized spacial score (nSPS) is 12.0. The zero-order valence-corrected chi connectivity index (χ0v) is 12.8. The standard InChI is InChI=1S/C13H21NO2S2/c1-11(2)18(15,16)8-7-17-13-6-4-5-12(9-13)10-14-3/h4-6,9,11,14H,7-8,10H2,1-3H3. The van der Waals surface area contributed by atoms with Crippen LogP contribution in [0.1, 0.15) is 19.4 Å². The first-order chi connectivity index (χ1) is 8.45. The molecule has 3 nitrogen and oxygen atoms in total. The molecule has 5 heteroatoms. The molecule has 1 aromatic carbocycles. The van der Waals surface area contributed by atoms with E-state index in [1.807, 2.05) is 19.2 Å². The lowest BCUT2D eigenvalue weighted by Crippen LogP contribution is -2.18. The molecular formula is C13H21NO2S2. The molecule has 0 amide bonds.